The Morgan fingerprint density at radius 1 is 1.09 bits per heavy atom. The zero-order valence-corrected chi connectivity index (χ0v) is 19.2. The Balaban J connectivity index is 1.60. The summed E-state index contributed by atoms with van der Waals surface area (Å²) in [7, 11) is 0. The Kier molecular flexibility index (Phi) is 6.66. The van der Waals surface area contributed by atoms with Crippen molar-refractivity contribution in [3.63, 3.8) is 0 Å². The summed E-state index contributed by atoms with van der Waals surface area (Å²) < 4.78 is 0. The van der Waals surface area contributed by atoms with Crippen molar-refractivity contribution in [2.24, 2.45) is 9.98 Å². The number of likely N-dealkylation sites (tertiary alicyclic amines) is 1. The highest BCUT2D eigenvalue weighted by Gasteiger charge is 2.23. The van der Waals surface area contributed by atoms with Gasteiger partial charge >= 0.3 is 0 Å². The molecular weight excluding hydrogens is 418 g/mol. The predicted molar refractivity (Wildman–Crippen MR) is 134 cm³/mol. The molecule has 7 nitrogen and oxygen atoms in total. The van der Waals surface area contributed by atoms with Gasteiger partial charge in [0, 0.05) is 29.8 Å². The number of benzene rings is 2. The van der Waals surface area contributed by atoms with E-state index in [-0.39, 0.29) is 0 Å². The van der Waals surface area contributed by atoms with E-state index in [1.807, 2.05) is 12.1 Å². The zero-order chi connectivity index (χ0) is 22.5. The minimum atomic E-state index is -0.468. The van der Waals surface area contributed by atoms with Gasteiger partial charge < -0.3 is 15.5 Å². The number of rotatable bonds is 4. The molecule has 1 atom stereocenters. The Hall–Kier alpha value is -3.44. The van der Waals surface area contributed by atoms with Crippen LogP contribution in [0.3, 0.4) is 0 Å². The highest BCUT2D eigenvalue weighted by Crippen LogP contribution is 2.24. The number of anilines is 2. The van der Waals surface area contributed by atoms with Crippen LogP contribution in [0.15, 0.2) is 46.4 Å². The van der Waals surface area contributed by atoms with Crippen LogP contribution in [0.2, 0.25) is 0 Å². The molecular formula is C24H27N7S. The summed E-state index contributed by atoms with van der Waals surface area (Å²) in [5, 5.41) is 20.9. The van der Waals surface area contributed by atoms with Crippen LogP contribution in [0.25, 0.3) is 0 Å². The van der Waals surface area contributed by atoms with Gasteiger partial charge in [-0.15, -0.1) is 0 Å². The first kappa shape index (κ1) is 21.8. The Labute approximate surface area is 194 Å². The lowest BCUT2D eigenvalue weighted by molar-refractivity contribution is 0.333. The molecule has 1 saturated heterocycles. The average Bonchev–Trinajstić information content (AvgIpc) is 2.82. The lowest BCUT2D eigenvalue weighted by Gasteiger charge is -2.33. The third-order valence-corrected chi connectivity index (χ3v) is 5.90. The lowest BCUT2D eigenvalue weighted by Crippen LogP contribution is -2.51. The smallest absolute Gasteiger partial charge is 0.221 e. The summed E-state index contributed by atoms with van der Waals surface area (Å²) in [5.74, 6) is 1.44. The highest BCUT2D eigenvalue weighted by molar-refractivity contribution is 7.79. The van der Waals surface area contributed by atoms with Gasteiger partial charge in [-0.1, -0.05) is 12.2 Å². The van der Waals surface area contributed by atoms with Crippen LogP contribution in [0, 0.1) is 25.2 Å². The number of aliphatic imine (C=N–C) groups is 2. The average molecular weight is 446 g/mol. The molecule has 0 saturated carbocycles. The lowest BCUT2D eigenvalue weighted by atomic mass is 10.1. The monoisotopic (exact) mass is 445 g/mol. The van der Waals surface area contributed by atoms with Gasteiger partial charge in [0.25, 0.3) is 0 Å². The maximum Gasteiger partial charge on any atom is 0.221 e. The molecule has 0 aliphatic carbocycles. The number of guanidine groups is 2. The maximum atomic E-state index is 9.04. The molecule has 2 heterocycles. The van der Waals surface area contributed by atoms with Crippen LogP contribution in [-0.4, -0.2) is 41.6 Å². The summed E-state index contributed by atoms with van der Waals surface area (Å²) in [6, 6.07) is 13.6. The fraction of sp³-hybridized carbons (Fsp3) is 0.333. The van der Waals surface area contributed by atoms with Gasteiger partial charge in [0.2, 0.25) is 18.2 Å². The van der Waals surface area contributed by atoms with E-state index in [4.69, 9.17) is 27.5 Å². The Morgan fingerprint density at radius 3 is 2.41 bits per heavy atom. The fourth-order valence-electron chi connectivity index (χ4n) is 4.02. The normalized spacial score (nSPS) is 18.0. The number of aryl methyl sites for hydroxylation is 2. The van der Waals surface area contributed by atoms with Gasteiger partial charge in [-0.05, 0) is 86.2 Å². The van der Waals surface area contributed by atoms with Gasteiger partial charge in [-0.2, -0.15) is 5.26 Å². The minimum absolute atomic E-state index is 0.468. The van der Waals surface area contributed by atoms with Gasteiger partial charge in [-0.25, -0.2) is 9.98 Å². The van der Waals surface area contributed by atoms with Crippen LogP contribution in [0.5, 0.6) is 0 Å². The molecule has 2 aromatic rings. The number of hydrogen-bond acceptors (Lipinski definition) is 8. The second-order valence-corrected chi connectivity index (χ2v) is 8.32. The second kappa shape index (κ2) is 9.79. The van der Waals surface area contributed by atoms with E-state index < -0.39 is 6.29 Å². The molecule has 0 radical (unpaired) electrons. The molecule has 0 aromatic heterocycles. The number of nitrogens with one attached hydrogen (secondary N) is 3. The molecule has 0 amide bonds. The van der Waals surface area contributed by atoms with Crippen LogP contribution in [0.1, 0.15) is 41.5 Å². The molecule has 1 unspecified atom stereocenters. The summed E-state index contributed by atoms with van der Waals surface area (Å²) in [5.41, 5.74) is 5.72. The van der Waals surface area contributed by atoms with Crippen LogP contribution in [-0.2, 0) is 0 Å². The summed E-state index contributed by atoms with van der Waals surface area (Å²) in [6.45, 7) is 6.08. The first-order chi connectivity index (χ1) is 15.6. The minimum Gasteiger partial charge on any atom is -0.345 e. The predicted octanol–water partition coefficient (Wildman–Crippen LogP) is 4.13. The van der Waals surface area contributed by atoms with Crippen LogP contribution < -0.4 is 16.0 Å². The van der Waals surface area contributed by atoms with Crippen LogP contribution in [0.4, 0.5) is 11.4 Å². The highest BCUT2D eigenvalue weighted by atomic mass is 32.1. The largest absolute Gasteiger partial charge is 0.345 e. The van der Waals surface area contributed by atoms with Gasteiger partial charge in [0.1, 0.15) is 0 Å². The molecule has 8 heteroatoms. The quantitative estimate of drug-likeness (QED) is 0.614. The molecule has 4 rings (SSSR count). The van der Waals surface area contributed by atoms with Crippen molar-refractivity contribution in [2.75, 3.05) is 23.7 Å². The first-order valence-corrected chi connectivity index (χ1v) is 11.3. The third-order valence-electron chi connectivity index (χ3n) is 5.62. The molecule has 2 aromatic carbocycles. The molecule has 0 bridgehead atoms. The van der Waals surface area contributed by atoms with Crippen molar-refractivity contribution in [1.82, 2.24) is 10.2 Å². The SMILES string of the molecule is Cc1cc(C=S)cc(C)c1NC1N=C(Nc2ccc(C#N)cc2)NC(N2CCCCC2)=N1. The molecule has 2 aliphatic rings. The van der Waals surface area contributed by atoms with E-state index >= 15 is 0 Å². The van der Waals surface area contributed by atoms with Crippen molar-refractivity contribution < 1.29 is 0 Å². The number of hydrogen-bond donors (Lipinski definition) is 3. The molecule has 32 heavy (non-hydrogen) atoms. The maximum absolute atomic E-state index is 9.04. The van der Waals surface area contributed by atoms with E-state index in [1.54, 1.807) is 17.5 Å². The van der Waals surface area contributed by atoms with Crippen molar-refractivity contribution >= 4 is 40.9 Å². The molecule has 0 spiro atoms. The number of thiocarbonyl (C=S) groups is 1. The van der Waals surface area contributed by atoms with E-state index in [1.165, 1.54) is 6.42 Å². The Morgan fingerprint density at radius 2 is 1.78 bits per heavy atom. The molecule has 3 N–H and O–H groups in total. The van der Waals surface area contributed by atoms with E-state index in [9.17, 15) is 0 Å². The number of nitriles is 1. The summed E-state index contributed by atoms with van der Waals surface area (Å²) >= 11 is 5.09. The zero-order valence-electron chi connectivity index (χ0n) is 18.4. The summed E-state index contributed by atoms with van der Waals surface area (Å²) in [4.78, 5) is 11.9. The van der Waals surface area contributed by atoms with Crippen molar-refractivity contribution in [3.8, 4) is 6.07 Å². The second-order valence-electron chi connectivity index (χ2n) is 8.08. The molecule has 164 valence electrons. The van der Waals surface area contributed by atoms with Gasteiger partial charge in [0.05, 0.1) is 11.6 Å². The van der Waals surface area contributed by atoms with Crippen LogP contribution >= 0.6 is 12.2 Å². The number of piperidine rings is 1. The van der Waals surface area contributed by atoms with E-state index in [2.05, 4.69) is 52.9 Å². The standard InChI is InChI=1S/C24H27N7S/c1-16-12-19(15-32)13-17(2)21(16)27-23-28-22(26-20-8-6-18(14-25)7-9-20)29-24(30-23)31-10-4-3-5-11-31/h6-9,12-13,15,23,27H,3-5,10-11H2,1-2H3,(H2,26,28,29,30). The third kappa shape index (κ3) is 5.06. The molecule has 1 fully saturated rings. The van der Waals surface area contributed by atoms with Crippen molar-refractivity contribution in [1.29, 1.82) is 5.26 Å². The Bertz CT molecular complexity index is 1070. The van der Waals surface area contributed by atoms with Gasteiger partial charge in [0.15, 0.2) is 0 Å². The topological polar surface area (TPSA) is 87.8 Å². The molecule has 2 aliphatic heterocycles. The van der Waals surface area contributed by atoms with E-state index in [0.717, 1.165) is 60.0 Å². The van der Waals surface area contributed by atoms with Crippen molar-refractivity contribution in [3.05, 3.63) is 58.7 Å². The first-order valence-electron chi connectivity index (χ1n) is 10.8. The van der Waals surface area contributed by atoms with Crippen molar-refractivity contribution in [2.45, 2.75) is 39.4 Å². The van der Waals surface area contributed by atoms with Gasteiger partial charge in [-0.3, -0.25) is 5.32 Å². The van der Waals surface area contributed by atoms with E-state index in [0.29, 0.717) is 11.5 Å². The summed E-state index contributed by atoms with van der Waals surface area (Å²) in [6.07, 6.45) is 3.10. The fourth-order valence-corrected chi connectivity index (χ4v) is 4.15. The number of nitrogens with zero attached hydrogens (tertiary/aromatic N) is 4.